The number of ether oxygens (including phenoxy) is 1. The number of nitrogens with one attached hydrogen (secondary N) is 1. The molecule has 0 aromatic heterocycles. The van der Waals surface area contributed by atoms with Crippen LogP contribution in [0.25, 0.3) is 0 Å². The van der Waals surface area contributed by atoms with E-state index in [0.29, 0.717) is 23.8 Å². The summed E-state index contributed by atoms with van der Waals surface area (Å²) in [6.07, 6.45) is 0.594. The third kappa shape index (κ3) is 3.92. The van der Waals surface area contributed by atoms with Crippen molar-refractivity contribution in [1.29, 1.82) is 0 Å². The molecule has 0 radical (unpaired) electrons. The minimum atomic E-state index is -0.587. The fourth-order valence-electron chi connectivity index (χ4n) is 1.58. The fourth-order valence-corrected chi connectivity index (χ4v) is 1.58. The molecule has 0 heterocycles. The van der Waals surface area contributed by atoms with Crippen LogP contribution in [0.5, 0.6) is 11.5 Å². The van der Waals surface area contributed by atoms with Gasteiger partial charge in [-0.15, -0.1) is 0 Å². The van der Waals surface area contributed by atoms with Gasteiger partial charge in [0.2, 0.25) is 5.91 Å². The van der Waals surface area contributed by atoms with Crippen LogP contribution in [0.15, 0.2) is 18.2 Å². The van der Waals surface area contributed by atoms with E-state index in [0.717, 1.165) is 0 Å². The topological polar surface area (TPSA) is 84.6 Å². The quantitative estimate of drug-likeness (QED) is 0.696. The number of hydrogen-bond acceptors (Lipinski definition) is 4. The number of anilines is 1. The van der Waals surface area contributed by atoms with Gasteiger partial charge in [0.15, 0.2) is 0 Å². The van der Waals surface area contributed by atoms with Gasteiger partial charge in [-0.25, -0.2) is 0 Å². The number of carbonyl (C=O) groups is 1. The van der Waals surface area contributed by atoms with E-state index in [2.05, 4.69) is 5.32 Å². The Morgan fingerprint density at radius 2 is 2.17 bits per heavy atom. The van der Waals surface area contributed by atoms with Crippen LogP contribution in [0.4, 0.5) is 5.69 Å². The third-order valence-corrected chi connectivity index (χ3v) is 2.52. The molecule has 0 unspecified atom stereocenters. The Labute approximate surface area is 107 Å². The summed E-state index contributed by atoms with van der Waals surface area (Å²) >= 11 is 0. The molecule has 0 aliphatic carbocycles. The van der Waals surface area contributed by atoms with Crippen LogP contribution in [0.1, 0.15) is 20.3 Å². The van der Waals surface area contributed by atoms with Crippen LogP contribution in [0.2, 0.25) is 0 Å². The molecular weight excluding hydrogens is 232 g/mol. The lowest BCUT2D eigenvalue weighted by Gasteiger charge is -2.15. The van der Waals surface area contributed by atoms with E-state index in [1.807, 2.05) is 13.8 Å². The average molecular weight is 252 g/mol. The second kappa shape index (κ2) is 6.26. The van der Waals surface area contributed by atoms with E-state index in [9.17, 15) is 9.90 Å². The Balaban J connectivity index is 2.74. The number of methoxy groups -OCH3 is 1. The molecule has 1 atom stereocenters. The molecule has 18 heavy (non-hydrogen) atoms. The summed E-state index contributed by atoms with van der Waals surface area (Å²) in [7, 11) is 1.52. The Morgan fingerprint density at radius 1 is 1.50 bits per heavy atom. The minimum absolute atomic E-state index is 0.0131. The zero-order valence-corrected chi connectivity index (χ0v) is 10.9. The van der Waals surface area contributed by atoms with Crippen LogP contribution in [0.3, 0.4) is 0 Å². The van der Waals surface area contributed by atoms with Crippen molar-refractivity contribution in [2.24, 2.45) is 11.7 Å². The molecule has 0 fully saturated rings. The molecule has 0 saturated heterocycles. The standard InChI is InChI=1S/C13H20N2O3/c1-8(2)6-10(14)13(17)15-11-7-9(18-3)4-5-12(11)16/h4-5,7-8,10,16H,6,14H2,1-3H3,(H,15,17)/t10-/m0/s1. The van der Waals surface area contributed by atoms with Gasteiger partial charge in [-0.1, -0.05) is 13.8 Å². The van der Waals surface area contributed by atoms with Gasteiger partial charge in [-0.2, -0.15) is 0 Å². The van der Waals surface area contributed by atoms with Gasteiger partial charge in [0.1, 0.15) is 11.5 Å². The number of nitrogens with two attached hydrogens (primary N) is 1. The van der Waals surface area contributed by atoms with Gasteiger partial charge in [0, 0.05) is 6.07 Å². The second-order valence-corrected chi connectivity index (χ2v) is 4.61. The molecule has 0 bridgehead atoms. The first-order valence-corrected chi connectivity index (χ1v) is 5.87. The van der Waals surface area contributed by atoms with Crippen LogP contribution in [-0.4, -0.2) is 24.2 Å². The van der Waals surface area contributed by atoms with Crippen molar-refractivity contribution in [2.45, 2.75) is 26.3 Å². The summed E-state index contributed by atoms with van der Waals surface area (Å²) in [5.74, 6) is 0.568. The van der Waals surface area contributed by atoms with Gasteiger partial charge < -0.3 is 20.9 Å². The molecular formula is C13H20N2O3. The fraction of sp³-hybridized carbons (Fsp3) is 0.462. The normalized spacial score (nSPS) is 12.3. The zero-order chi connectivity index (χ0) is 13.7. The molecule has 5 nitrogen and oxygen atoms in total. The van der Waals surface area contributed by atoms with Gasteiger partial charge in [-0.05, 0) is 24.5 Å². The Kier molecular flexibility index (Phi) is 4.97. The van der Waals surface area contributed by atoms with E-state index < -0.39 is 6.04 Å². The predicted octanol–water partition coefficient (Wildman–Crippen LogP) is 1.71. The van der Waals surface area contributed by atoms with Crippen molar-refractivity contribution in [1.82, 2.24) is 0 Å². The lowest BCUT2D eigenvalue weighted by atomic mass is 10.0. The molecule has 4 N–H and O–H groups in total. The van der Waals surface area contributed by atoms with Crippen LogP contribution < -0.4 is 15.8 Å². The molecule has 0 spiro atoms. The summed E-state index contributed by atoms with van der Waals surface area (Å²) in [6.45, 7) is 3.99. The largest absolute Gasteiger partial charge is 0.506 e. The first-order chi connectivity index (χ1) is 8.43. The van der Waals surface area contributed by atoms with Crippen molar-refractivity contribution in [3.05, 3.63) is 18.2 Å². The smallest absolute Gasteiger partial charge is 0.241 e. The van der Waals surface area contributed by atoms with Crippen LogP contribution >= 0.6 is 0 Å². The Bertz CT molecular complexity index is 419. The van der Waals surface area contributed by atoms with Crippen molar-refractivity contribution >= 4 is 11.6 Å². The van der Waals surface area contributed by atoms with E-state index in [1.54, 1.807) is 12.1 Å². The highest BCUT2D eigenvalue weighted by Crippen LogP contribution is 2.27. The van der Waals surface area contributed by atoms with E-state index in [4.69, 9.17) is 10.5 Å². The highest BCUT2D eigenvalue weighted by molar-refractivity contribution is 5.96. The van der Waals surface area contributed by atoms with Crippen LogP contribution in [0, 0.1) is 5.92 Å². The molecule has 0 aliphatic rings. The van der Waals surface area contributed by atoms with Crippen molar-refractivity contribution in [3.8, 4) is 11.5 Å². The summed E-state index contributed by atoms with van der Waals surface area (Å²) in [5.41, 5.74) is 6.07. The predicted molar refractivity (Wildman–Crippen MR) is 70.7 cm³/mol. The third-order valence-electron chi connectivity index (χ3n) is 2.52. The lowest BCUT2D eigenvalue weighted by Crippen LogP contribution is -2.36. The molecule has 0 saturated carbocycles. The number of aromatic hydroxyl groups is 1. The summed E-state index contributed by atoms with van der Waals surface area (Å²) in [4.78, 5) is 11.8. The molecule has 1 aromatic carbocycles. The monoisotopic (exact) mass is 252 g/mol. The number of phenols is 1. The number of hydrogen-bond donors (Lipinski definition) is 3. The van der Waals surface area contributed by atoms with Crippen molar-refractivity contribution in [2.75, 3.05) is 12.4 Å². The maximum Gasteiger partial charge on any atom is 0.241 e. The van der Waals surface area contributed by atoms with Crippen LogP contribution in [-0.2, 0) is 4.79 Å². The first kappa shape index (κ1) is 14.3. The van der Waals surface area contributed by atoms with Gasteiger partial charge in [-0.3, -0.25) is 4.79 Å². The number of phenolic OH excluding ortho intramolecular Hbond substituents is 1. The average Bonchev–Trinajstić information content (AvgIpc) is 2.31. The second-order valence-electron chi connectivity index (χ2n) is 4.61. The molecule has 100 valence electrons. The maximum atomic E-state index is 11.8. The van der Waals surface area contributed by atoms with Gasteiger partial charge in [0.05, 0.1) is 18.8 Å². The molecule has 5 heteroatoms. The van der Waals surface area contributed by atoms with Crippen molar-refractivity contribution in [3.63, 3.8) is 0 Å². The Hall–Kier alpha value is -1.75. The van der Waals surface area contributed by atoms with E-state index in [-0.39, 0.29) is 11.7 Å². The highest BCUT2D eigenvalue weighted by Gasteiger charge is 2.16. The summed E-state index contributed by atoms with van der Waals surface area (Å²) in [6, 6.07) is 4.03. The number of benzene rings is 1. The zero-order valence-electron chi connectivity index (χ0n) is 10.9. The first-order valence-electron chi connectivity index (χ1n) is 5.87. The summed E-state index contributed by atoms with van der Waals surface area (Å²) < 4.78 is 5.02. The molecule has 0 aliphatic heterocycles. The molecule has 1 amide bonds. The maximum absolute atomic E-state index is 11.8. The SMILES string of the molecule is COc1ccc(O)c(NC(=O)[C@@H](N)CC(C)C)c1. The number of amides is 1. The summed E-state index contributed by atoms with van der Waals surface area (Å²) in [5, 5.41) is 12.2. The Morgan fingerprint density at radius 3 is 2.72 bits per heavy atom. The van der Waals surface area contributed by atoms with Gasteiger partial charge >= 0.3 is 0 Å². The molecule has 1 aromatic rings. The van der Waals surface area contributed by atoms with Crippen molar-refractivity contribution < 1.29 is 14.6 Å². The minimum Gasteiger partial charge on any atom is -0.506 e. The molecule has 1 rings (SSSR count). The number of rotatable bonds is 5. The lowest BCUT2D eigenvalue weighted by molar-refractivity contribution is -0.117. The van der Waals surface area contributed by atoms with Gasteiger partial charge in [0.25, 0.3) is 0 Å². The highest BCUT2D eigenvalue weighted by atomic mass is 16.5. The van der Waals surface area contributed by atoms with E-state index >= 15 is 0 Å². The van der Waals surface area contributed by atoms with E-state index in [1.165, 1.54) is 13.2 Å². The number of carbonyl (C=O) groups excluding carboxylic acids is 1.